The van der Waals surface area contributed by atoms with Gasteiger partial charge in [0.15, 0.2) is 10.8 Å². The average molecular weight is 203 g/mol. The molecule has 0 aromatic carbocycles. The summed E-state index contributed by atoms with van der Waals surface area (Å²) >= 11 is 1.55. The smallest absolute Gasteiger partial charge is 0.196 e. The fraction of sp³-hybridized carbons (Fsp3) is 0. The Morgan fingerprint density at radius 1 is 1.21 bits per heavy atom. The molecule has 0 saturated heterocycles. The first-order chi connectivity index (χ1) is 6.95. The molecule has 0 atom stereocenters. The highest BCUT2D eigenvalue weighted by Gasteiger charge is 2.06. The molecule has 0 spiro atoms. The molecule has 0 aliphatic carbocycles. The van der Waals surface area contributed by atoms with Crippen LogP contribution in [0.25, 0.3) is 16.3 Å². The Bertz CT molecular complexity index is 556. The van der Waals surface area contributed by atoms with Crippen LogP contribution in [0, 0.1) is 0 Å². The van der Waals surface area contributed by atoms with Gasteiger partial charge in [-0.1, -0.05) is 0 Å². The Labute approximate surface area is 83.1 Å². The quantitative estimate of drug-likeness (QED) is 0.597. The molecule has 5 nitrogen and oxygen atoms in total. The van der Waals surface area contributed by atoms with Crippen molar-refractivity contribution in [1.29, 1.82) is 0 Å². The van der Waals surface area contributed by atoms with E-state index in [1.807, 2.05) is 9.95 Å². The van der Waals surface area contributed by atoms with Gasteiger partial charge in [-0.3, -0.25) is 4.57 Å². The minimum absolute atomic E-state index is 0.780. The SMILES string of the molecule is c1csc(-n2cnc3cncnc32)n1. The van der Waals surface area contributed by atoms with Crippen LogP contribution in [0.2, 0.25) is 0 Å². The molecule has 0 aliphatic rings. The fourth-order valence-corrected chi connectivity index (χ4v) is 1.85. The summed E-state index contributed by atoms with van der Waals surface area (Å²) < 4.78 is 1.85. The third kappa shape index (κ3) is 1.01. The van der Waals surface area contributed by atoms with Crippen LogP contribution in [0.5, 0.6) is 0 Å². The van der Waals surface area contributed by atoms with Gasteiger partial charge < -0.3 is 0 Å². The average Bonchev–Trinajstić information content (AvgIpc) is 2.85. The number of aromatic nitrogens is 5. The Morgan fingerprint density at radius 3 is 3.07 bits per heavy atom. The van der Waals surface area contributed by atoms with Gasteiger partial charge in [0, 0.05) is 11.6 Å². The maximum absolute atomic E-state index is 4.19. The molecule has 0 fully saturated rings. The molecule has 3 aromatic heterocycles. The second kappa shape index (κ2) is 2.85. The van der Waals surface area contributed by atoms with Crippen LogP contribution in [0.1, 0.15) is 0 Å². The third-order valence-electron chi connectivity index (χ3n) is 1.84. The number of imidazole rings is 1. The van der Waals surface area contributed by atoms with E-state index >= 15 is 0 Å². The first kappa shape index (κ1) is 7.57. The van der Waals surface area contributed by atoms with E-state index in [9.17, 15) is 0 Å². The summed E-state index contributed by atoms with van der Waals surface area (Å²) in [4.78, 5) is 16.4. The molecule has 14 heavy (non-hydrogen) atoms. The Hall–Kier alpha value is -1.82. The second-order valence-corrected chi connectivity index (χ2v) is 3.53. The van der Waals surface area contributed by atoms with Crippen LogP contribution < -0.4 is 0 Å². The Balaban J connectivity index is 2.33. The van der Waals surface area contributed by atoms with Crippen LogP contribution in [0.4, 0.5) is 0 Å². The van der Waals surface area contributed by atoms with E-state index in [-0.39, 0.29) is 0 Å². The molecular formula is C8H5N5S. The van der Waals surface area contributed by atoms with Gasteiger partial charge in [0.25, 0.3) is 0 Å². The van der Waals surface area contributed by atoms with Gasteiger partial charge in [0.05, 0.1) is 6.20 Å². The largest absolute Gasteiger partial charge is 0.258 e. The summed E-state index contributed by atoms with van der Waals surface area (Å²) in [5, 5.41) is 2.79. The van der Waals surface area contributed by atoms with Crippen molar-refractivity contribution in [3.8, 4) is 5.13 Å². The van der Waals surface area contributed by atoms with Gasteiger partial charge in [-0.15, -0.1) is 11.3 Å². The molecule has 0 radical (unpaired) electrons. The van der Waals surface area contributed by atoms with E-state index in [0.29, 0.717) is 0 Å². The predicted molar refractivity (Wildman–Crippen MR) is 52.3 cm³/mol. The van der Waals surface area contributed by atoms with Gasteiger partial charge in [0.1, 0.15) is 18.2 Å². The fourth-order valence-electron chi connectivity index (χ4n) is 1.24. The molecule has 0 amide bonds. The van der Waals surface area contributed by atoms with Crippen LogP contribution in [-0.2, 0) is 0 Å². The summed E-state index contributed by atoms with van der Waals surface area (Å²) in [6.07, 6.45) is 6.66. The summed E-state index contributed by atoms with van der Waals surface area (Å²) in [5.41, 5.74) is 1.57. The highest BCUT2D eigenvalue weighted by atomic mass is 32.1. The summed E-state index contributed by atoms with van der Waals surface area (Å²) in [5.74, 6) is 0. The van der Waals surface area contributed by atoms with Crippen LogP contribution >= 0.6 is 11.3 Å². The summed E-state index contributed by atoms with van der Waals surface area (Å²) in [7, 11) is 0. The molecule has 0 saturated carbocycles. The molecule has 3 rings (SSSR count). The topological polar surface area (TPSA) is 56.5 Å². The summed E-state index contributed by atoms with van der Waals surface area (Å²) in [6.45, 7) is 0. The third-order valence-corrected chi connectivity index (χ3v) is 2.61. The number of rotatable bonds is 1. The van der Waals surface area contributed by atoms with Crippen molar-refractivity contribution in [2.45, 2.75) is 0 Å². The molecule has 68 valence electrons. The van der Waals surface area contributed by atoms with Gasteiger partial charge in [0.2, 0.25) is 0 Å². The first-order valence-electron chi connectivity index (χ1n) is 3.98. The van der Waals surface area contributed by atoms with Gasteiger partial charge in [-0.25, -0.2) is 19.9 Å². The van der Waals surface area contributed by atoms with Crippen molar-refractivity contribution in [3.63, 3.8) is 0 Å². The van der Waals surface area contributed by atoms with Crippen molar-refractivity contribution in [3.05, 3.63) is 30.4 Å². The molecular weight excluding hydrogens is 198 g/mol. The molecule has 6 heteroatoms. The lowest BCUT2D eigenvalue weighted by atomic mass is 10.6. The Kier molecular flexibility index (Phi) is 1.54. The van der Waals surface area contributed by atoms with E-state index in [4.69, 9.17) is 0 Å². The van der Waals surface area contributed by atoms with Gasteiger partial charge >= 0.3 is 0 Å². The Morgan fingerprint density at radius 2 is 2.21 bits per heavy atom. The molecule has 3 heterocycles. The molecule has 0 aliphatic heterocycles. The number of thiazole rings is 1. The lowest BCUT2D eigenvalue weighted by molar-refractivity contribution is 1.04. The van der Waals surface area contributed by atoms with E-state index in [2.05, 4.69) is 19.9 Å². The number of hydrogen-bond donors (Lipinski definition) is 0. The zero-order valence-electron chi connectivity index (χ0n) is 7.03. The number of nitrogens with zero attached hydrogens (tertiary/aromatic N) is 5. The monoisotopic (exact) mass is 203 g/mol. The van der Waals surface area contributed by atoms with Gasteiger partial charge in [-0.05, 0) is 0 Å². The lowest BCUT2D eigenvalue weighted by Gasteiger charge is -1.95. The van der Waals surface area contributed by atoms with Crippen LogP contribution in [-0.4, -0.2) is 24.5 Å². The van der Waals surface area contributed by atoms with E-state index in [1.54, 1.807) is 30.1 Å². The molecule has 0 bridgehead atoms. The normalized spacial score (nSPS) is 10.9. The van der Waals surface area contributed by atoms with Crippen molar-refractivity contribution in [1.82, 2.24) is 24.5 Å². The maximum atomic E-state index is 4.19. The summed E-state index contributed by atoms with van der Waals surface area (Å²) in [6, 6.07) is 0. The van der Waals surface area contributed by atoms with Gasteiger partial charge in [-0.2, -0.15) is 0 Å². The molecule has 0 N–H and O–H groups in total. The zero-order chi connectivity index (χ0) is 9.38. The number of fused-ring (bicyclic) bond motifs is 1. The van der Waals surface area contributed by atoms with Crippen molar-refractivity contribution in [2.24, 2.45) is 0 Å². The van der Waals surface area contributed by atoms with E-state index in [1.165, 1.54) is 6.33 Å². The molecule has 3 aromatic rings. The highest BCUT2D eigenvalue weighted by Crippen LogP contribution is 2.16. The predicted octanol–water partition coefficient (Wildman–Crippen LogP) is 1.27. The van der Waals surface area contributed by atoms with Crippen molar-refractivity contribution in [2.75, 3.05) is 0 Å². The highest BCUT2D eigenvalue weighted by molar-refractivity contribution is 7.12. The lowest BCUT2D eigenvalue weighted by Crippen LogP contribution is -1.92. The van der Waals surface area contributed by atoms with Crippen LogP contribution in [0.15, 0.2) is 30.4 Å². The standard InChI is InChI=1S/C8H5N5S/c1-2-14-8(10-1)13-5-12-6-3-9-4-11-7(6)13/h1-5H. The maximum Gasteiger partial charge on any atom is 0.196 e. The molecule has 0 unspecified atom stereocenters. The minimum atomic E-state index is 0.780. The zero-order valence-corrected chi connectivity index (χ0v) is 7.85. The first-order valence-corrected chi connectivity index (χ1v) is 4.86. The number of hydrogen-bond acceptors (Lipinski definition) is 5. The van der Waals surface area contributed by atoms with Crippen LogP contribution in [0.3, 0.4) is 0 Å². The van der Waals surface area contributed by atoms with E-state index in [0.717, 1.165) is 16.3 Å². The van der Waals surface area contributed by atoms with Crippen molar-refractivity contribution < 1.29 is 0 Å². The minimum Gasteiger partial charge on any atom is -0.258 e. The van der Waals surface area contributed by atoms with E-state index < -0.39 is 0 Å². The van der Waals surface area contributed by atoms with Crippen molar-refractivity contribution >= 4 is 22.5 Å². The second-order valence-electron chi connectivity index (χ2n) is 2.66.